The Morgan fingerprint density at radius 2 is 2.07 bits per heavy atom. The van der Waals surface area contributed by atoms with Crippen molar-refractivity contribution in [2.45, 2.75) is 18.1 Å². The molecule has 9 heteroatoms. The number of amides is 2. The van der Waals surface area contributed by atoms with Gasteiger partial charge in [0.2, 0.25) is 5.88 Å². The number of carbonyl (C=O) groups excluding carboxylic acids is 1. The number of nitrogens with one attached hydrogen (secondary N) is 2. The van der Waals surface area contributed by atoms with E-state index in [2.05, 4.69) is 27.3 Å². The molecule has 1 heterocycles. The van der Waals surface area contributed by atoms with Gasteiger partial charge in [0.25, 0.3) is 0 Å². The molecule has 0 unspecified atom stereocenters. The van der Waals surface area contributed by atoms with Gasteiger partial charge < -0.3 is 20.1 Å². The van der Waals surface area contributed by atoms with E-state index in [-0.39, 0.29) is 23.8 Å². The van der Waals surface area contributed by atoms with Crippen LogP contribution in [-0.4, -0.2) is 38.2 Å². The van der Waals surface area contributed by atoms with Crippen molar-refractivity contribution < 1.29 is 23.0 Å². The number of carbonyl (C=O) groups is 1. The zero-order valence-corrected chi connectivity index (χ0v) is 15.9. The Bertz CT molecular complexity index is 1070. The van der Waals surface area contributed by atoms with E-state index in [1.807, 2.05) is 6.07 Å². The topological polar surface area (TPSA) is 84.3 Å². The molecule has 2 aromatic carbocycles. The largest absolute Gasteiger partial charge is 0.487 e. The lowest BCUT2D eigenvalue weighted by molar-refractivity contribution is 0.246. The third-order valence-corrected chi connectivity index (χ3v) is 4.78. The molecule has 2 aromatic rings. The monoisotopic (exact) mass is 412 g/mol. The molecule has 1 aliphatic carbocycles. The molecule has 0 radical (unpaired) electrons. The smallest absolute Gasteiger partial charge is 0.319 e. The number of benzene rings is 2. The normalized spacial score (nSPS) is 21.4. The summed E-state index contributed by atoms with van der Waals surface area (Å²) < 4.78 is 37.8. The Morgan fingerprint density at radius 3 is 2.80 bits per heavy atom. The molecule has 30 heavy (non-hydrogen) atoms. The highest BCUT2D eigenvalue weighted by atomic mass is 19.2. The molecule has 3 atom stereocenters. The second kappa shape index (κ2) is 7.94. The van der Waals surface area contributed by atoms with E-state index >= 15 is 0 Å². The third kappa shape index (κ3) is 3.86. The predicted octanol–water partition coefficient (Wildman–Crippen LogP) is 3.63. The zero-order valence-electron chi connectivity index (χ0n) is 15.9. The lowest BCUT2D eigenvalue weighted by Crippen LogP contribution is -2.34. The molecule has 154 valence electrons. The highest BCUT2D eigenvalue weighted by Crippen LogP contribution is 2.54. The summed E-state index contributed by atoms with van der Waals surface area (Å²) in [5.41, 5.74) is 1.06. The Morgan fingerprint density at radius 1 is 1.23 bits per heavy atom. The second-order valence-corrected chi connectivity index (χ2v) is 6.73. The van der Waals surface area contributed by atoms with Gasteiger partial charge in [0.1, 0.15) is 17.6 Å². The number of fused-ring (bicyclic) bond motifs is 3. The summed E-state index contributed by atoms with van der Waals surface area (Å²) in [5.74, 6) is -0.462. The van der Waals surface area contributed by atoms with Gasteiger partial charge in [0.15, 0.2) is 11.6 Å². The van der Waals surface area contributed by atoms with Gasteiger partial charge in [-0.1, -0.05) is 0 Å². The van der Waals surface area contributed by atoms with Gasteiger partial charge in [0.05, 0.1) is 12.0 Å². The van der Waals surface area contributed by atoms with E-state index in [0.29, 0.717) is 11.6 Å². The van der Waals surface area contributed by atoms with Crippen molar-refractivity contribution in [2.24, 2.45) is 9.98 Å². The highest BCUT2D eigenvalue weighted by Gasteiger charge is 2.59. The van der Waals surface area contributed by atoms with Gasteiger partial charge in [-0.2, -0.15) is 0 Å². The molecule has 0 spiro atoms. The van der Waals surface area contributed by atoms with Crippen LogP contribution in [0.4, 0.5) is 19.3 Å². The fraction of sp³-hybridized carbons (Fsp3) is 0.190. The maximum absolute atomic E-state index is 13.3. The number of aliphatic imine (C=N–C) groups is 2. The summed E-state index contributed by atoms with van der Waals surface area (Å²) in [6.07, 6.45) is 2.94. The lowest BCUT2D eigenvalue weighted by atomic mass is 10.1. The number of halogens is 2. The predicted molar refractivity (Wildman–Crippen MR) is 109 cm³/mol. The first kappa shape index (κ1) is 19.6. The van der Waals surface area contributed by atoms with Crippen LogP contribution in [0.3, 0.4) is 0 Å². The van der Waals surface area contributed by atoms with Gasteiger partial charge in [0, 0.05) is 36.7 Å². The maximum Gasteiger partial charge on any atom is 0.319 e. The Balaban J connectivity index is 1.40. The quantitative estimate of drug-likeness (QED) is 0.561. The number of hydrogen-bond acceptors (Lipinski definition) is 5. The van der Waals surface area contributed by atoms with Crippen molar-refractivity contribution in [2.75, 3.05) is 12.4 Å². The van der Waals surface area contributed by atoms with Crippen LogP contribution >= 0.6 is 0 Å². The molecule has 0 aromatic heterocycles. The standard InChI is InChI=1S/C21H18F2N4O3/c1-24-8-7-17(25-2)29-12-4-6-16-13(10-12)18-19(20(18)30-16)27-21(28)26-11-3-5-14(22)15(23)9-11/h3-10,18-20H,2H2,1H3,(H2,26,27,28)/b17-7+,24-8-/t18-,19-,20-/m0/s1. The summed E-state index contributed by atoms with van der Waals surface area (Å²) in [5, 5.41) is 5.27. The number of urea groups is 1. The Kier molecular flexibility index (Phi) is 5.18. The van der Waals surface area contributed by atoms with Crippen molar-refractivity contribution in [1.82, 2.24) is 5.32 Å². The number of hydrogen-bond donors (Lipinski definition) is 2. The maximum atomic E-state index is 13.3. The zero-order chi connectivity index (χ0) is 21.3. The first-order valence-electron chi connectivity index (χ1n) is 9.10. The molecule has 1 fully saturated rings. The molecule has 1 saturated carbocycles. The summed E-state index contributed by atoms with van der Waals surface area (Å²) >= 11 is 0. The molecule has 2 amide bonds. The molecule has 0 bridgehead atoms. The minimum atomic E-state index is -1.03. The van der Waals surface area contributed by atoms with Gasteiger partial charge in [-0.25, -0.2) is 18.6 Å². The number of nitrogens with zero attached hydrogens (tertiary/aromatic N) is 2. The summed E-state index contributed by atoms with van der Waals surface area (Å²) in [7, 11) is 1.63. The Hall–Kier alpha value is -3.75. The van der Waals surface area contributed by atoms with Gasteiger partial charge in [-0.05, 0) is 37.0 Å². The van der Waals surface area contributed by atoms with Crippen molar-refractivity contribution in [1.29, 1.82) is 0 Å². The molecule has 4 rings (SSSR count). The SMILES string of the molecule is C=N/C(=C\C=N/C)Oc1ccc2c(c1)[C@H]1[C@H](NC(=O)Nc3ccc(F)c(F)c3)[C@H]1O2. The number of anilines is 1. The van der Waals surface area contributed by atoms with E-state index in [9.17, 15) is 13.6 Å². The molecule has 1 aliphatic heterocycles. The van der Waals surface area contributed by atoms with Crippen LogP contribution in [0.25, 0.3) is 0 Å². The molecule has 2 aliphatic rings. The summed E-state index contributed by atoms with van der Waals surface area (Å²) in [4.78, 5) is 19.8. The molecule has 0 saturated heterocycles. The molecule has 7 nitrogen and oxygen atoms in total. The van der Waals surface area contributed by atoms with Crippen LogP contribution in [0.5, 0.6) is 11.5 Å². The van der Waals surface area contributed by atoms with Crippen LogP contribution in [-0.2, 0) is 0 Å². The van der Waals surface area contributed by atoms with E-state index in [0.717, 1.165) is 23.4 Å². The minimum Gasteiger partial charge on any atom is -0.487 e. The van der Waals surface area contributed by atoms with Crippen LogP contribution in [0, 0.1) is 11.6 Å². The van der Waals surface area contributed by atoms with Crippen LogP contribution in [0.2, 0.25) is 0 Å². The second-order valence-electron chi connectivity index (χ2n) is 6.73. The van der Waals surface area contributed by atoms with E-state index in [1.165, 1.54) is 6.07 Å². The Labute approximate surface area is 171 Å². The molecular weight excluding hydrogens is 394 g/mol. The fourth-order valence-electron chi connectivity index (χ4n) is 3.35. The summed E-state index contributed by atoms with van der Waals surface area (Å²) in [6, 6.07) is 7.76. The third-order valence-electron chi connectivity index (χ3n) is 4.78. The molecular formula is C21H18F2N4O3. The fourth-order valence-corrected chi connectivity index (χ4v) is 3.35. The van der Waals surface area contributed by atoms with Crippen LogP contribution in [0.1, 0.15) is 11.5 Å². The average molecular weight is 412 g/mol. The lowest BCUT2D eigenvalue weighted by Gasteiger charge is -2.12. The van der Waals surface area contributed by atoms with Crippen molar-refractivity contribution in [3.05, 3.63) is 65.6 Å². The number of ether oxygens (including phenoxy) is 2. The van der Waals surface area contributed by atoms with Gasteiger partial charge in [-0.15, -0.1) is 0 Å². The van der Waals surface area contributed by atoms with Gasteiger partial charge >= 0.3 is 6.03 Å². The van der Waals surface area contributed by atoms with E-state index in [1.54, 1.807) is 31.5 Å². The first-order valence-corrected chi connectivity index (χ1v) is 9.10. The van der Waals surface area contributed by atoms with E-state index in [4.69, 9.17) is 9.47 Å². The first-order chi connectivity index (χ1) is 14.5. The molecule has 2 N–H and O–H groups in total. The van der Waals surface area contributed by atoms with Crippen molar-refractivity contribution >= 4 is 24.7 Å². The highest BCUT2D eigenvalue weighted by molar-refractivity contribution is 5.90. The number of allylic oxidation sites excluding steroid dienone is 1. The minimum absolute atomic E-state index is 0.0272. The van der Waals surface area contributed by atoms with Crippen LogP contribution in [0.15, 0.2) is 58.3 Å². The summed E-state index contributed by atoms with van der Waals surface area (Å²) in [6.45, 7) is 3.47. The van der Waals surface area contributed by atoms with Crippen molar-refractivity contribution in [3.63, 3.8) is 0 Å². The van der Waals surface area contributed by atoms with Crippen molar-refractivity contribution in [3.8, 4) is 11.5 Å². The van der Waals surface area contributed by atoms with Crippen LogP contribution < -0.4 is 20.1 Å². The van der Waals surface area contributed by atoms with Gasteiger partial charge in [-0.3, -0.25) is 4.99 Å². The van der Waals surface area contributed by atoms with E-state index < -0.39 is 17.7 Å². The number of rotatable bonds is 6. The average Bonchev–Trinajstić information content (AvgIpc) is 3.24.